The lowest BCUT2D eigenvalue weighted by molar-refractivity contribution is -0.129. The monoisotopic (exact) mass is 374 g/mol. The van der Waals surface area contributed by atoms with Gasteiger partial charge in [-0.2, -0.15) is 13.2 Å². The minimum absolute atomic E-state index is 0.00945. The van der Waals surface area contributed by atoms with E-state index in [0.717, 1.165) is 11.3 Å². The summed E-state index contributed by atoms with van der Waals surface area (Å²) in [6.07, 6.45) is -2.96. The van der Waals surface area contributed by atoms with Crippen molar-refractivity contribution in [2.75, 3.05) is 0 Å². The summed E-state index contributed by atoms with van der Waals surface area (Å²) in [5.41, 5.74) is 0.568. The van der Waals surface area contributed by atoms with Crippen molar-refractivity contribution in [2.45, 2.75) is 37.0 Å². The van der Waals surface area contributed by atoms with Gasteiger partial charge in [-0.1, -0.05) is 11.8 Å². The molecule has 3 heterocycles. The topological polar surface area (TPSA) is 56.7 Å². The number of aryl methyl sites for hydroxylation is 1. The number of hydrogen-bond acceptors (Lipinski definition) is 6. The van der Waals surface area contributed by atoms with E-state index in [1.54, 1.807) is 29.0 Å². The van der Waals surface area contributed by atoms with Crippen molar-refractivity contribution in [3.63, 3.8) is 0 Å². The predicted octanol–water partition coefficient (Wildman–Crippen LogP) is 4.72. The Bertz CT molecular complexity index is 810. The number of furan rings is 1. The molecule has 3 rings (SSSR count). The van der Waals surface area contributed by atoms with E-state index in [-0.39, 0.29) is 10.2 Å². The van der Waals surface area contributed by atoms with Crippen LogP contribution in [0, 0.1) is 6.92 Å². The third kappa shape index (κ3) is 3.34. The number of halogens is 3. The van der Waals surface area contributed by atoms with Gasteiger partial charge in [-0.25, -0.2) is 4.98 Å². The Balaban J connectivity index is 1.96. The van der Waals surface area contributed by atoms with Gasteiger partial charge in [0.05, 0.1) is 6.26 Å². The van der Waals surface area contributed by atoms with Gasteiger partial charge < -0.3 is 4.42 Å². The molecule has 0 fully saturated rings. The number of nitrogens with zero attached hydrogens (tertiary/aromatic N) is 4. The zero-order valence-electron chi connectivity index (χ0n) is 12.7. The third-order valence-electron chi connectivity index (χ3n) is 3.16. The molecule has 0 radical (unpaired) electrons. The van der Waals surface area contributed by atoms with Crippen LogP contribution in [0.2, 0.25) is 0 Å². The van der Waals surface area contributed by atoms with Crippen LogP contribution in [0.4, 0.5) is 13.2 Å². The molecule has 0 spiro atoms. The lowest BCUT2D eigenvalue weighted by Gasteiger charge is -2.17. The first-order chi connectivity index (χ1) is 11.4. The average Bonchev–Trinajstić information content (AvgIpc) is 3.23. The Morgan fingerprint density at radius 3 is 2.71 bits per heavy atom. The highest BCUT2D eigenvalue weighted by molar-refractivity contribution is 7.99. The largest absolute Gasteiger partial charge is 0.461 e. The van der Waals surface area contributed by atoms with Gasteiger partial charge in [0.25, 0.3) is 0 Å². The molecule has 5 nitrogen and oxygen atoms in total. The minimum atomic E-state index is -4.44. The molecule has 1 atom stereocenters. The maximum Gasteiger partial charge on any atom is 0.407 e. The summed E-state index contributed by atoms with van der Waals surface area (Å²) < 4.78 is 47.3. The van der Waals surface area contributed by atoms with E-state index in [1.807, 2.05) is 6.92 Å². The Kier molecular flexibility index (Phi) is 4.68. The summed E-state index contributed by atoms with van der Waals surface area (Å²) in [5, 5.41) is 7.91. The molecule has 128 valence electrons. The molecule has 0 bridgehead atoms. The highest BCUT2D eigenvalue weighted by Gasteiger charge is 2.44. The van der Waals surface area contributed by atoms with Crippen LogP contribution in [-0.4, -0.2) is 25.9 Å². The summed E-state index contributed by atoms with van der Waals surface area (Å²) in [5.74, 6) is 0.867. The lowest BCUT2D eigenvalue weighted by Crippen LogP contribution is -2.18. The van der Waals surface area contributed by atoms with Crippen LogP contribution in [0.15, 0.2) is 33.3 Å². The molecule has 0 amide bonds. The van der Waals surface area contributed by atoms with E-state index >= 15 is 0 Å². The Morgan fingerprint density at radius 1 is 1.38 bits per heavy atom. The van der Waals surface area contributed by atoms with Crippen molar-refractivity contribution >= 4 is 23.1 Å². The fourth-order valence-electron chi connectivity index (χ4n) is 2.10. The third-order valence-corrected chi connectivity index (χ3v) is 5.57. The van der Waals surface area contributed by atoms with Crippen LogP contribution in [0.25, 0.3) is 11.6 Å². The standard InChI is InChI=1S/C14H13F3N4OS2/c1-3-21-11(9-5-4-6-22-9)19-20-13(21)24-10(14(15,16)17)12-18-8(2)7-23-12/h4-7,10H,3H2,1-2H3/t10-/m1/s1. The van der Waals surface area contributed by atoms with Gasteiger partial charge in [0.1, 0.15) is 5.01 Å². The van der Waals surface area contributed by atoms with Crippen LogP contribution in [-0.2, 0) is 6.54 Å². The first-order valence-corrected chi connectivity index (χ1v) is 8.78. The van der Waals surface area contributed by atoms with E-state index in [0.29, 0.717) is 35.6 Å². The Labute approximate surface area is 143 Å². The first kappa shape index (κ1) is 17.0. The molecule has 3 aromatic rings. The van der Waals surface area contributed by atoms with Gasteiger partial charge in [-0.15, -0.1) is 21.5 Å². The summed E-state index contributed by atoms with van der Waals surface area (Å²) in [7, 11) is 0. The Morgan fingerprint density at radius 2 is 2.17 bits per heavy atom. The fourth-order valence-corrected chi connectivity index (χ4v) is 4.14. The smallest absolute Gasteiger partial charge is 0.407 e. The summed E-state index contributed by atoms with van der Waals surface area (Å²) >= 11 is 1.60. The molecule has 0 saturated heterocycles. The van der Waals surface area contributed by atoms with Gasteiger partial charge in [0.15, 0.2) is 22.0 Å². The molecule has 0 N–H and O–H groups in total. The Hall–Kier alpha value is -1.81. The molecule has 0 aliphatic carbocycles. The van der Waals surface area contributed by atoms with Crippen molar-refractivity contribution in [2.24, 2.45) is 0 Å². The van der Waals surface area contributed by atoms with E-state index in [2.05, 4.69) is 15.2 Å². The van der Waals surface area contributed by atoms with Gasteiger partial charge in [-0.05, 0) is 26.0 Å². The molecule has 10 heteroatoms. The number of rotatable bonds is 5. The maximum atomic E-state index is 13.5. The number of alkyl halides is 3. The van der Waals surface area contributed by atoms with Crippen LogP contribution in [0.5, 0.6) is 0 Å². The zero-order valence-corrected chi connectivity index (χ0v) is 14.4. The van der Waals surface area contributed by atoms with Gasteiger partial charge in [-0.3, -0.25) is 4.57 Å². The van der Waals surface area contributed by atoms with E-state index in [9.17, 15) is 13.2 Å². The van der Waals surface area contributed by atoms with Crippen molar-refractivity contribution in [3.8, 4) is 11.6 Å². The van der Waals surface area contributed by atoms with E-state index in [4.69, 9.17) is 4.42 Å². The number of thiazole rings is 1. The molecule has 0 saturated carbocycles. The molecule has 0 aromatic carbocycles. The van der Waals surface area contributed by atoms with Crippen molar-refractivity contribution in [3.05, 3.63) is 34.5 Å². The minimum Gasteiger partial charge on any atom is -0.461 e. The highest BCUT2D eigenvalue weighted by atomic mass is 32.2. The molecule has 0 aliphatic rings. The van der Waals surface area contributed by atoms with Crippen LogP contribution < -0.4 is 0 Å². The fraction of sp³-hybridized carbons (Fsp3) is 0.357. The molecule has 0 unspecified atom stereocenters. The zero-order chi connectivity index (χ0) is 17.3. The molecule has 24 heavy (non-hydrogen) atoms. The van der Waals surface area contributed by atoms with Crippen molar-refractivity contribution in [1.82, 2.24) is 19.7 Å². The average molecular weight is 374 g/mol. The second-order valence-electron chi connectivity index (χ2n) is 4.89. The number of hydrogen-bond donors (Lipinski definition) is 0. The lowest BCUT2D eigenvalue weighted by atomic mass is 10.4. The summed E-state index contributed by atoms with van der Waals surface area (Å²) in [6.45, 7) is 3.91. The second kappa shape index (κ2) is 6.60. The molecule has 0 aliphatic heterocycles. The summed E-state index contributed by atoms with van der Waals surface area (Å²) in [6, 6.07) is 3.38. The van der Waals surface area contributed by atoms with Gasteiger partial charge in [0, 0.05) is 17.6 Å². The van der Waals surface area contributed by atoms with Crippen LogP contribution in [0.1, 0.15) is 22.9 Å². The van der Waals surface area contributed by atoms with Crippen LogP contribution in [0.3, 0.4) is 0 Å². The first-order valence-electron chi connectivity index (χ1n) is 7.02. The second-order valence-corrected chi connectivity index (χ2v) is 6.86. The quantitative estimate of drug-likeness (QED) is 0.605. The molecule has 3 aromatic heterocycles. The van der Waals surface area contributed by atoms with Gasteiger partial charge >= 0.3 is 6.18 Å². The van der Waals surface area contributed by atoms with Crippen LogP contribution >= 0.6 is 23.1 Å². The summed E-state index contributed by atoms with van der Waals surface area (Å²) in [4.78, 5) is 3.99. The predicted molar refractivity (Wildman–Crippen MR) is 84.9 cm³/mol. The molecular formula is C14H13F3N4OS2. The van der Waals surface area contributed by atoms with Gasteiger partial charge in [0.2, 0.25) is 0 Å². The van der Waals surface area contributed by atoms with E-state index < -0.39 is 11.4 Å². The maximum absolute atomic E-state index is 13.5. The SMILES string of the molecule is CCn1c(S[C@H](c2nc(C)cs2)C(F)(F)F)nnc1-c1ccco1. The number of thioether (sulfide) groups is 1. The highest BCUT2D eigenvalue weighted by Crippen LogP contribution is 2.47. The van der Waals surface area contributed by atoms with E-state index in [1.165, 1.54) is 6.26 Å². The molecular weight excluding hydrogens is 361 g/mol. The van der Waals surface area contributed by atoms with Crippen molar-refractivity contribution in [1.29, 1.82) is 0 Å². The van der Waals surface area contributed by atoms with Crippen molar-refractivity contribution < 1.29 is 17.6 Å². The normalized spacial score (nSPS) is 13.4. The number of aromatic nitrogens is 4.